The van der Waals surface area contributed by atoms with Gasteiger partial charge in [-0.15, -0.1) is 6.58 Å². The van der Waals surface area contributed by atoms with E-state index in [9.17, 15) is 0 Å². The molecule has 0 bridgehead atoms. The van der Waals surface area contributed by atoms with Gasteiger partial charge in [-0.25, -0.2) is 0 Å². The number of unbranched alkanes of at least 4 members (excludes halogenated alkanes) is 10. The maximum absolute atomic E-state index is 3.91. The molecule has 0 aliphatic rings. The second-order valence-electron chi connectivity index (χ2n) is 6.50. The highest BCUT2D eigenvalue weighted by Gasteiger charge is 2.05. The largest absolute Gasteiger partial charge is 0.103 e. The van der Waals surface area contributed by atoms with Crippen molar-refractivity contribution in [2.75, 3.05) is 0 Å². The average molecular weight is 281 g/mol. The predicted octanol–water partition coefficient (Wildman–Crippen LogP) is 7.68. The fourth-order valence-corrected chi connectivity index (χ4v) is 3.03. The molecule has 0 amide bonds. The van der Waals surface area contributed by atoms with Gasteiger partial charge in [0.1, 0.15) is 0 Å². The van der Waals surface area contributed by atoms with E-state index in [4.69, 9.17) is 0 Å². The summed E-state index contributed by atoms with van der Waals surface area (Å²) >= 11 is 0. The van der Waals surface area contributed by atoms with Crippen LogP contribution in [0.25, 0.3) is 0 Å². The molecule has 120 valence electrons. The smallest absolute Gasteiger partial charge is 0.0325 e. The molecule has 1 atom stereocenters. The first-order valence-corrected chi connectivity index (χ1v) is 9.46. The molecule has 0 aromatic rings. The second kappa shape index (κ2) is 16.8. The molecule has 0 heterocycles. The van der Waals surface area contributed by atoms with Gasteiger partial charge in [-0.05, 0) is 12.3 Å². The molecule has 0 saturated heterocycles. The number of hydrogen-bond acceptors (Lipinski definition) is 0. The van der Waals surface area contributed by atoms with E-state index in [-0.39, 0.29) is 0 Å². The van der Waals surface area contributed by atoms with Crippen LogP contribution in [-0.2, 0) is 0 Å². The maximum Gasteiger partial charge on any atom is -0.0325 e. The van der Waals surface area contributed by atoms with Crippen LogP contribution in [0.3, 0.4) is 0 Å². The van der Waals surface area contributed by atoms with Crippen LogP contribution in [0, 0.1) is 5.92 Å². The molecule has 0 aromatic carbocycles. The van der Waals surface area contributed by atoms with Crippen molar-refractivity contribution < 1.29 is 0 Å². The first-order valence-electron chi connectivity index (χ1n) is 9.46. The van der Waals surface area contributed by atoms with E-state index >= 15 is 0 Å². The Morgan fingerprint density at radius 2 is 1.10 bits per heavy atom. The molecular formula is C20H40. The molecule has 0 spiro atoms. The molecule has 0 aliphatic heterocycles. The lowest BCUT2D eigenvalue weighted by Gasteiger charge is -2.14. The van der Waals surface area contributed by atoms with E-state index in [0.717, 1.165) is 5.92 Å². The molecule has 0 aromatic heterocycles. The molecule has 0 heteroatoms. The number of rotatable bonds is 16. The summed E-state index contributed by atoms with van der Waals surface area (Å²) < 4.78 is 0. The van der Waals surface area contributed by atoms with Crippen molar-refractivity contribution in [2.45, 2.75) is 110 Å². The highest BCUT2D eigenvalue weighted by atomic mass is 14.1. The van der Waals surface area contributed by atoms with Gasteiger partial charge in [0.05, 0.1) is 0 Å². The summed E-state index contributed by atoms with van der Waals surface area (Å²) in [6, 6.07) is 0. The zero-order chi connectivity index (χ0) is 14.9. The monoisotopic (exact) mass is 280 g/mol. The van der Waals surface area contributed by atoms with Gasteiger partial charge in [0.25, 0.3) is 0 Å². The van der Waals surface area contributed by atoms with Gasteiger partial charge < -0.3 is 0 Å². The topological polar surface area (TPSA) is 0 Å². The predicted molar refractivity (Wildman–Crippen MR) is 94.3 cm³/mol. The Morgan fingerprint density at radius 3 is 1.60 bits per heavy atom. The zero-order valence-corrected chi connectivity index (χ0v) is 14.5. The first-order chi connectivity index (χ1) is 9.85. The fourth-order valence-electron chi connectivity index (χ4n) is 3.03. The lowest BCUT2D eigenvalue weighted by atomic mass is 9.92. The van der Waals surface area contributed by atoms with Crippen LogP contribution in [0.1, 0.15) is 110 Å². The quantitative estimate of drug-likeness (QED) is 0.201. The van der Waals surface area contributed by atoms with E-state index in [1.54, 1.807) is 0 Å². The van der Waals surface area contributed by atoms with E-state index in [1.807, 2.05) is 0 Å². The van der Waals surface area contributed by atoms with Crippen molar-refractivity contribution >= 4 is 0 Å². The van der Waals surface area contributed by atoms with Gasteiger partial charge in [-0.2, -0.15) is 0 Å². The third-order valence-corrected chi connectivity index (χ3v) is 4.43. The Bertz CT molecular complexity index is 182. The van der Waals surface area contributed by atoms with Crippen LogP contribution in [0.15, 0.2) is 12.7 Å². The van der Waals surface area contributed by atoms with Crippen LogP contribution >= 0.6 is 0 Å². The maximum atomic E-state index is 3.91. The first kappa shape index (κ1) is 19.7. The Kier molecular flexibility index (Phi) is 16.6. The Labute approximate surface area is 129 Å². The van der Waals surface area contributed by atoms with Crippen molar-refractivity contribution in [2.24, 2.45) is 5.92 Å². The second-order valence-corrected chi connectivity index (χ2v) is 6.50. The third kappa shape index (κ3) is 14.2. The highest BCUT2D eigenvalue weighted by molar-refractivity contribution is 4.73. The minimum Gasteiger partial charge on any atom is -0.103 e. The molecule has 1 unspecified atom stereocenters. The van der Waals surface area contributed by atoms with E-state index in [0.29, 0.717) is 0 Å². The minimum atomic E-state index is 0.918. The fraction of sp³-hybridized carbons (Fsp3) is 0.900. The lowest BCUT2D eigenvalue weighted by molar-refractivity contribution is 0.413. The minimum absolute atomic E-state index is 0.918. The summed E-state index contributed by atoms with van der Waals surface area (Å²) in [5.74, 6) is 0.918. The summed E-state index contributed by atoms with van der Waals surface area (Å²) in [5.41, 5.74) is 0. The van der Waals surface area contributed by atoms with Gasteiger partial charge in [0.15, 0.2) is 0 Å². The molecule has 0 rings (SSSR count). The van der Waals surface area contributed by atoms with Crippen molar-refractivity contribution in [3.63, 3.8) is 0 Å². The zero-order valence-electron chi connectivity index (χ0n) is 14.5. The average Bonchev–Trinajstić information content (AvgIpc) is 2.46. The Morgan fingerprint density at radius 1 is 0.650 bits per heavy atom. The van der Waals surface area contributed by atoms with Crippen LogP contribution in [-0.4, -0.2) is 0 Å². The molecule has 0 radical (unpaired) electrons. The summed E-state index contributed by atoms with van der Waals surface area (Å²) in [6.07, 6.45) is 23.4. The van der Waals surface area contributed by atoms with E-state index in [1.165, 1.54) is 96.3 Å². The summed E-state index contributed by atoms with van der Waals surface area (Å²) in [5, 5.41) is 0. The van der Waals surface area contributed by atoms with Crippen LogP contribution < -0.4 is 0 Å². The molecule has 0 fully saturated rings. The Balaban J connectivity index is 3.29. The van der Waals surface area contributed by atoms with Gasteiger partial charge in [-0.1, -0.05) is 110 Å². The van der Waals surface area contributed by atoms with E-state index in [2.05, 4.69) is 26.5 Å². The summed E-state index contributed by atoms with van der Waals surface area (Å²) in [7, 11) is 0. The van der Waals surface area contributed by atoms with Crippen LogP contribution in [0.4, 0.5) is 0 Å². The third-order valence-electron chi connectivity index (χ3n) is 4.43. The van der Waals surface area contributed by atoms with Crippen molar-refractivity contribution in [3.8, 4) is 0 Å². The SMILES string of the molecule is C=CCC(CCCC)CCCCCCCCCCCC. The molecule has 20 heavy (non-hydrogen) atoms. The number of allylic oxidation sites excluding steroid dienone is 1. The molecule has 0 saturated carbocycles. The normalized spacial score (nSPS) is 12.5. The molecule has 0 N–H and O–H groups in total. The van der Waals surface area contributed by atoms with Crippen molar-refractivity contribution in [1.29, 1.82) is 0 Å². The summed E-state index contributed by atoms with van der Waals surface area (Å²) in [6.45, 7) is 8.50. The molecule has 0 nitrogen and oxygen atoms in total. The Hall–Kier alpha value is -0.260. The standard InChI is InChI=1S/C20H40/c1-4-7-9-10-11-12-13-14-15-16-19-20(17-6-3)18-8-5-2/h6,20H,3-5,7-19H2,1-2H3. The lowest BCUT2D eigenvalue weighted by Crippen LogP contribution is -1.99. The van der Waals surface area contributed by atoms with Crippen LogP contribution in [0.2, 0.25) is 0 Å². The van der Waals surface area contributed by atoms with Crippen LogP contribution in [0.5, 0.6) is 0 Å². The summed E-state index contributed by atoms with van der Waals surface area (Å²) in [4.78, 5) is 0. The molecular weight excluding hydrogens is 240 g/mol. The van der Waals surface area contributed by atoms with Gasteiger partial charge in [-0.3, -0.25) is 0 Å². The van der Waals surface area contributed by atoms with Gasteiger partial charge in [0, 0.05) is 0 Å². The van der Waals surface area contributed by atoms with Crippen molar-refractivity contribution in [3.05, 3.63) is 12.7 Å². The van der Waals surface area contributed by atoms with E-state index < -0.39 is 0 Å². The van der Waals surface area contributed by atoms with Gasteiger partial charge >= 0.3 is 0 Å². The number of hydrogen-bond donors (Lipinski definition) is 0. The van der Waals surface area contributed by atoms with Crippen molar-refractivity contribution in [1.82, 2.24) is 0 Å². The van der Waals surface area contributed by atoms with Gasteiger partial charge in [0.2, 0.25) is 0 Å². The highest BCUT2D eigenvalue weighted by Crippen LogP contribution is 2.21. The molecule has 0 aliphatic carbocycles.